The van der Waals surface area contributed by atoms with Crippen LogP contribution in [0.15, 0.2) is 51.2 Å². The Morgan fingerprint density at radius 2 is 1.96 bits per heavy atom. The zero-order chi connectivity index (χ0) is 19.8. The molecule has 2 aliphatic rings. The molecule has 0 saturated heterocycles. The van der Waals surface area contributed by atoms with E-state index in [9.17, 15) is 4.79 Å². The highest BCUT2D eigenvalue weighted by molar-refractivity contribution is 5.68. The van der Waals surface area contributed by atoms with Gasteiger partial charge in [0, 0.05) is 11.6 Å². The summed E-state index contributed by atoms with van der Waals surface area (Å²) in [5, 5.41) is 0. The fraction of sp³-hybridized carbons (Fsp3) is 0.348. The lowest BCUT2D eigenvalue weighted by Crippen LogP contribution is -2.31. The van der Waals surface area contributed by atoms with E-state index >= 15 is 0 Å². The van der Waals surface area contributed by atoms with Gasteiger partial charge in [0.2, 0.25) is 0 Å². The van der Waals surface area contributed by atoms with Crippen LogP contribution >= 0.6 is 0 Å². The average Bonchev–Trinajstić information content (AvgIpc) is 2.71. The van der Waals surface area contributed by atoms with E-state index in [0.717, 1.165) is 30.4 Å². The van der Waals surface area contributed by atoms with Crippen LogP contribution in [0.3, 0.4) is 0 Å². The van der Waals surface area contributed by atoms with Gasteiger partial charge in [0.05, 0.1) is 14.2 Å². The Balaban J connectivity index is 1.72. The number of rotatable bonds is 4. The van der Waals surface area contributed by atoms with Crippen LogP contribution in [0.2, 0.25) is 0 Å². The average molecular weight is 380 g/mol. The minimum atomic E-state index is -0.393. The maximum Gasteiger partial charge on any atom is 0.347 e. The molecule has 2 aromatic rings. The molecule has 1 aliphatic carbocycles. The summed E-state index contributed by atoms with van der Waals surface area (Å²) in [4.78, 5) is 12.6. The minimum absolute atomic E-state index is 0.0111. The molecular formula is C23H24O5. The Hall–Kier alpha value is -2.95. The highest BCUT2D eigenvalue weighted by Gasteiger charge is 2.32. The molecule has 0 unspecified atom stereocenters. The molecule has 0 N–H and O–H groups in total. The van der Waals surface area contributed by atoms with Crippen LogP contribution in [0.25, 0.3) is 17.4 Å². The van der Waals surface area contributed by atoms with Gasteiger partial charge in [0.1, 0.15) is 23.2 Å². The van der Waals surface area contributed by atoms with Crippen LogP contribution in [-0.2, 0) is 0 Å². The second kappa shape index (κ2) is 7.23. The number of hydrogen-bond donors (Lipinski definition) is 0. The Morgan fingerprint density at radius 3 is 2.68 bits per heavy atom. The third-order valence-electron chi connectivity index (χ3n) is 5.61. The first-order chi connectivity index (χ1) is 13.5. The lowest BCUT2D eigenvalue weighted by Gasteiger charge is -2.35. The highest BCUT2D eigenvalue weighted by Crippen LogP contribution is 2.41. The lowest BCUT2D eigenvalue weighted by atomic mass is 9.79. The van der Waals surface area contributed by atoms with E-state index in [0.29, 0.717) is 34.5 Å². The van der Waals surface area contributed by atoms with E-state index in [4.69, 9.17) is 18.6 Å². The Morgan fingerprint density at radius 1 is 1.18 bits per heavy atom. The topological polar surface area (TPSA) is 57.9 Å². The number of hydrogen-bond acceptors (Lipinski definition) is 5. The maximum absolute atomic E-state index is 12.6. The quantitative estimate of drug-likeness (QED) is 0.710. The van der Waals surface area contributed by atoms with Gasteiger partial charge < -0.3 is 18.6 Å². The molecule has 0 spiro atoms. The van der Waals surface area contributed by atoms with Gasteiger partial charge in [-0.25, -0.2) is 4.79 Å². The van der Waals surface area contributed by atoms with Crippen LogP contribution in [-0.4, -0.2) is 20.3 Å². The molecule has 4 rings (SSSR count). The van der Waals surface area contributed by atoms with Crippen molar-refractivity contribution in [3.63, 3.8) is 0 Å². The highest BCUT2D eigenvalue weighted by atomic mass is 16.5. The van der Waals surface area contributed by atoms with Gasteiger partial charge >= 0.3 is 5.63 Å². The molecule has 28 heavy (non-hydrogen) atoms. The van der Waals surface area contributed by atoms with Crippen molar-refractivity contribution in [2.45, 2.75) is 32.3 Å². The minimum Gasteiger partial charge on any atom is -0.493 e. The second-order valence-corrected chi connectivity index (χ2v) is 7.39. The number of benzene rings is 1. The zero-order valence-corrected chi connectivity index (χ0v) is 16.4. The van der Waals surface area contributed by atoms with E-state index in [2.05, 4.69) is 13.5 Å². The lowest BCUT2D eigenvalue weighted by molar-refractivity contribution is 0.177. The van der Waals surface area contributed by atoms with Crippen molar-refractivity contribution in [2.75, 3.05) is 14.2 Å². The van der Waals surface area contributed by atoms with Gasteiger partial charge in [0.15, 0.2) is 11.5 Å². The monoisotopic (exact) mass is 380 g/mol. The number of allylic oxidation sites excluding steroid dienone is 1. The molecule has 1 aromatic heterocycles. The van der Waals surface area contributed by atoms with Crippen molar-refractivity contribution in [3.05, 3.63) is 58.0 Å². The summed E-state index contributed by atoms with van der Waals surface area (Å²) < 4.78 is 22.4. The van der Waals surface area contributed by atoms with Gasteiger partial charge in [-0.15, -0.1) is 0 Å². The third-order valence-corrected chi connectivity index (χ3v) is 5.61. The Labute approximate surface area is 164 Å². The zero-order valence-electron chi connectivity index (χ0n) is 16.4. The van der Waals surface area contributed by atoms with Gasteiger partial charge in [-0.1, -0.05) is 12.2 Å². The molecule has 0 amide bonds. The summed E-state index contributed by atoms with van der Waals surface area (Å²) in [6.45, 7) is 6.17. The predicted molar refractivity (Wildman–Crippen MR) is 108 cm³/mol. The molecule has 0 radical (unpaired) electrons. The van der Waals surface area contributed by atoms with Crippen molar-refractivity contribution in [1.29, 1.82) is 0 Å². The fourth-order valence-electron chi connectivity index (χ4n) is 3.95. The van der Waals surface area contributed by atoms with E-state index in [1.165, 1.54) is 5.57 Å². The molecule has 0 bridgehead atoms. The van der Waals surface area contributed by atoms with Gasteiger partial charge in [-0.2, -0.15) is 0 Å². The molecule has 2 heterocycles. The van der Waals surface area contributed by atoms with Crippen molar-refractivity contribution >= 4 is 6.08 Å². The van der Waals surface area contributed by atoms with Crippen LogP contribution in [0, 0.1) is 5.92 Å². The number of ether oxygens (including phenoxy) is 3. The van der Waals surface area contributed by atoms with Crippen LogP contribution in [0.4, 0.5) is 0 Å². The molecule has 1 aromatic carbocycles. The summed E-state index contributed by atoms with van der Waals surface area (Å²) in [6.07, 6.45) is 4.79. The second-order valence-electron chi connectivity index (χ2n) is 7.39. The first-order valence-electron chi connectivity index (χ1n) is 9.43. The molecule has 146 valence electrons. The van der Waals surface area contributed by atoms with Crippen LogP contribution in [0.5, 0.6) is 17.2 Å². The molecule has 1 saturated carbocycles. The summed E-state index contributed by atoms with van der Waals surface area (Å²) >= 11 is 0. The standard InChI is InChI=1S/C23H24O5/c1-13(2)14-5-6-15-9-17-21(27-19(15)10-14)12-20(28-23(17)24)16-7-8-18(25-3)22(11-16)26-4/h7-9,11-12,14,19H,1,5-6,10H2,2-4H3/t14-,19-/m0/s1. The van der Waals surface area contributed by atoms with E-state index in [1.54, 1.807) is 32.4 Å². The first kappa shape index (κ1) is 18.4. The van der Waals surface area contributed by atoms with Gasteiger partial charge in [-0.3, -0.25) is 0 Å². The molecule has 2 atom stereocenters. The van der Waals surface area contributed by atoms with E-state index in [1.807, 2.05) is 12.1 Å². The van der Waals surface area contributed by atoms with Crippen molar-refractivity contribution in [1.82, 2.24) is 0 Å². The summed E-state index contributed by atoms with van der Waals surface area (Å²) in [7, 11) is 3.15. The largest absolute Gasteiger partial charge is 0.493 e. The van der Waals surface area contributed by atoms with Crippen molar-refractivity contribution < 1.29 is 18.6 Å². The maximum atomic E-state index is 12.6. The van der Waals surface area contributed by atoms with Crippen LogP contribution < -0.4 is 19.8 Å². The molecule has 1 fully saturated rings. The molecule has 5 nitrogen and oxygen atoms in total. The Kier molecular flexibility index (Phi) is 4.75. The normalized spacial score (nSPS) is 20.3. The predicted octanol–water partition coefficient (Wildman–Crippen LogP) is 4.84. The molecular weight excluding hydrogens is 356 g/mol. The molecule has 1 aliphatic heterocycles. The van der Waals surface area contributed by atoms with Crippen LogP contribution in [0.1, 0.15) is 31.7 Å². The number of fused-ring (bicyclic) bond motifs is 2. The van der Waals surface area contributed by atoms with Crippen molar-refractivity contribution in [3.8, 4) is 28.6 Å². The Bertz CT molecular complexity index is 1010. The van der Waals surface area contributed by atoms with Gasteiger partial charge in [0.25, 0.3) is 0 Å². The SMILES string of the molecule is C=C(C)[C@H]1CCC2=Cc3c(cc(-c4ccc(OC)c(OC)c4)oc3=O)O[C@H]2C1. The van der Waals surface area contributed by atoms with E-state index in [-0.39, 0.29) is 6.10 Å². The smallest absolute Gasteiger partial charge is 0.347 e. The summed E-state index contributed by atoms with van der Waals surface area (Å²) in [6, 6.07) is 7.18. The third kappa shape index (κ3) is 3.21. The van der Waals surface area contributed by atoms with Gasteiger partial charge in [-0.05, 0) is 62.0 Å². The number of methoxy groups -OCH3 is 2. The van der Waals surface area contributed by atoms with Crippen molar-refractivity contribution in [2.24, 2.45) is 5.92 Å². The fourth-order valence-corrected chi connectivity index (χ4v) is 3.95. The molecule has 5 heteroatoms. The summed E-state index contributed by atoms with van der Waals surface area (Å²) in [5.41, 5.74) is 3.17. The van der Waals surface area contributed by atoms with E-state index < -0.39 is 5.63 Å². The first-order valence-corrected chi connectivity index (χ1v) is 9.43. The summed E-state index contributed by atoms with van der Waals surface area (Å²) in [5.74, 6) is 2.64.